The van der Waals surface area contributed by atoms with Crippen molar-refractivity contribution in [3.8, 4) is 0 Å². The Bertz CT molecular complexity index is 316. The van der Waals surface area contributed by atoms with Crippen LogP contribution in [0.25, 0.3) is 0 Å². The van der Waals surface area contributed by atoms with Crippen LogP contribution in [0.1, 0.15) is 30.6 Å². The number of nitrogens with zero attached hydrogens (tertiary/aromatic N) is 1. The van der Waals surface area contributed by atoms with Crippen LogP contribution in [0.15, 0.2) is 11.4 Å². The van der Waals surface area contributed by atoms with E-state index < -0.39 is 0 Å². The fraction of sp³-hybridized carbons (Fsp3) is 0.692. The van der Waals surface area contributed by atoms with Crippen molar-refractivity contribution in [2.75, 3.05) is 31.9 Å². The standard InChI is InChI=1S/C13H23N3S/c14-12-5-10-17-13(12)11-15-6-9-16-7-3-1-2-4-8-16/h5,10,15H,1-4,6-9,11,14H2. The smallest absolute Gasteiger partial charge is 0.0468 e. The van der Waals surface area contributed by atoms with Gasteiger partial charge in [-0.25, -0.2) is 0 Å². The lowest BCUT2D eigenvalue weighted by molar-refractivity contribution is 0.284. The molecule has 1 saturated heterocycles. The molecule has 4 heteroatoms. The highest BCUT2D eigenvalue weighted by Gasteiger charge is 2.08. The minimum absolute atomic E-state index is 0.914. The van der Waals surface area contributed by atoms with E-state index in [9.17, 15) is 0 Å². The summed E-state index contributed by atoms with van der Waals surface area (Å²) < 4.78 is 0. The summed E-state index contributed by atoms with van der Waals surface area (Å²) in [4.78, 5) is 3.85. The predicted molar refractivity (Wildman–Crippen MR) is 75.3 cm³/mol. The van der Waals surface area contributed by atoms with Crippen molar-refractivity contribution in [2.24, 2.45) is 0 Å². The molecule has 17 heavy (non-hydrogen) atoms. The second-order valence-corrected chi connectivity index (χ2v) is 5.73. The molecule has 1 aliphatic rings. The summed E-state index contributed by atoms with van der Waals surface area (Å²) in [6.07, 6.45) is 5.57. The molecule has 2 rings (SSSR count). The molecule has 0 bridgehead atoms. The number of nitrogens with two attached hydrogens (primary N) is 1. The molecular weight excluding hydrogens is 230 g/mol. The maximum atomic E-state index is 5.85. The first-order chi connectivity index (χ1) is 8.36. The topological polar surface area (TPSA) is 41.3 Å². The van der Waals surface area contributed by atoms with Crippen LogP contribution in [-0.4, -0.2) is 31.1 Å². The largest absolute Gasteiger partial charge is 0.398 e. The van der Waals surface area contributed by atoms with E-state index in [1.807, 2.05) is 6.07 Å². The van der Waals surface area contributed by atoms with E-state index in [1.165, 1.54) is 50.2 Å². The van der Waals surface area contributed by atoms with Crippen molar-refractivity contribution in [2.45, 2.75) is 32.2 Å². The van der Waals surface area contributed by atoms with Crippen LogP contribution in [0.4, 0.5) is 5.69 Å². The Morgan fingerprint density at radius 3 is 2.65 bits per heavy atom. The molecule has 1 aliphatic heterocycles. The van der Waals surface area contributed by atoms with Gasteiger partial charge >= 0.3 is 0 Å². The highest BCUT2D eigenvalue weighted by Crippen LogP contribution is 2.17. The lowest BCUT2D eigenvalue weighted by Gasteiger charge is -2.19. The highest BCUT2D eigenvalue weighted by atomic mass is 32.1. The van der Waals surface area contributed by atoms with Gasteiger partial charge in [-0.15, -0.1) is 11.3 Å². The molecule has 1 aromatic rings. The number of hydrogen-bond acceptors (Lipinski definition) is 4. The first-order valence-electron chi connectivity index (χ1n) is 6.61. The van der Waals surface area contributed by atoms with Gasteiger partial charge in [0.1, 0.15) is 0 Å². The summed E-state index contributed by atoms with van der Waals surface area (Å²) in [6.45, 7) is 5.71. The Kier molecular flexibility index (Phi) is 5.29. The number of anilines is 1. The van der Waals surface area contributed by atoms with Crippen LogP contribution in [0.2, 0.25) is 0 Å². The van der Waals surface area contributed by atoms with Crippen molar-refractivity contribution < 1.29 is 0 Å². The zero-order valence-electron chi connectivity index (χ0n) is 10.5. The number of rotatable bonds is 5. The summed E-state index contributed by atoms with van der Waals surface area (Å²) in [5.74, 6) is 0. The first-order valence-corrected chi connectivity index (χ1v) is 7.49. The molecule has 0 aromatic carbocycles. The van der Waals surface area contributed by atoms with Gasteiger partial charge in [-0.2, -0.15) is 0 Å². The average molecular weight is 253 g/mol. The molecule has 1 aromatic heterocycles. The summed E-state index contributed by atoms with van der Waals surface area (Å²) in [5.41, 5.74) is 6.77. The maximum Gasteiger partial charge on any atom is 0.0468 e. The molecule has 2 heterocycles. The monoisotopic (exact) mass is 253 g/mol. The van der Waals surface area contributed by atoms with Crippen LogP contribution in [0.3, 0.4) is 0 Å². The summed E-state index contributed by atoms with van der Waals surface area (Å²) >= 11 is 1.74. The van der Waals surface area contributed by atoms with Crippen molar-refractivity contribution >= 4 is 17.0 Å². The molecule has 3 nitrogen and oxygen atoms in total. The van der Waals surface area contributed by atoms with E-state index in [4.69, 9.17) is 5.73 Å². The van der Waals surface area contributed by atoms with Gasteiger partial charge in [0.15, 0.2) is 0 Å². The van der Waals surface area contributed by atoms with Crippen molar-refractivity contribution in [1.29, 1.82) is 0 Å². The second kappa shape index (κ2) is 6.99. The van der Waals surface area contributed by atoms with Gasteiger partial charge in [-0.1, -0.05) is 12.8 Å². The summed E-state index contributed by atoms with van der Waals surface area (Å²) in [7, 11) is 0. The number of thiophene rings is 1. The number of nitrogens with one attached hydrogen (secondary N) is 1. The summed E-state index contributed by atoms with van der Waals surface area (Å²) in [6, 6.07) is 1.98. The molecule has 0 amide bonds. The molecular formula is C13H23N3S. The van der Waals surface area contributed by atoms with Crippen molar-refractivity contribution in [3.63, 3.8) is 0 Å². The molecule has 0 saturated carbocycles. The van der Waals surface area contributed by atoms with E-state index in [-0.39, 0.29) is 0 Å². The molecule has 3 N–H and O–H groups in total. The van der Waals surface area contributed by atoms with Crippen LogP contribution in [0.5, 0.6) is 0 Å². The Morgan fingerprint density at radius 2 is 2.00 bits per heavy atom. The quantitative estimate of drug-likeness (QED) is 0.791. The lowest BCUT2D eigenvalue weighted by Crippen LogP contribution is -2.32. The molecule has 0 radical (unpaired) electrons. The van der Waals surface area contributed by atoms with Gasteiger partial charge < -0.3 is 16.0 Å². The molecule has 96 valence electrons. The third kappa shape index (κ3) is 4.30. The van der Waals surface area contributed by atoms with E-state index in [2.05, 4.69) is 15.6 Å². The summed E-state index contributed by atoms with van der Waals surface area (Å²) in [5, 5.41) is 5.54. The van der Waals surface area contributed by atoms with Gasteiger partial charge in [0.05, 0.1) is 0 Å². The van der Waals surface area contributed by atoms with E-state index in [0.29, 0.717) is 0 Å². The SMILES string of the molecule is Nc1ccsc1CNCCN1CCCCCC1. The van der Waals surface area contributed by atoms with Crippen LogP contribution < -0.4 is 11.1 Å². The van der Waals surface area contributed by atoms with Gasteiger partial charge in [-0.05, 0) is 37.4 Å². The second-order valence-electron chi connectivity index (χ2n) is 4.73. The van der Waals surface area contributed by atoms with Gasteiger partial charge in [0.2, 0.25) is 0 Å². The van der Waals surface area contributed by atoms with Crippen LogP contribution in [-0.2, 0) is 6.54 Å². The predicted octanol–water partition coefficient (Wildman–Crippen LogP) is 2.30. The van der Waals surface area contributed by atoms with E-state index in [1.54, 1.807) is 11.3 Å². The van der Waals surface area contributed by atoms with Gasteiger partial charge in [0.25, 0.3) is 0 Å². The third-order valence-electron chi connectivity index (χ3n) is 3.37. The molecule has 0 atom stereocenters. The van der Waals surface area contributed by atoms with Crippen molar-refractivity contribution in [3.05, 3.63) is 16.3 Å². The lowest BCUT2D eigenvalue weighted by atomic mass is 10.2. The molecule has 0 spiro atoms. The Balaban J connectivity index is 1.61. The Morgan fingerprint density at radius 1 is 1.24 bits per heavy atom. The molecule has 1 fully saturated rings. The van der Waals surface area contributed by atoms with Gasteiger partial charge in [-0.3, -0.25) is 0 Å². The van der Waals surface area contributed by atoms with Crippen LogP contribution >= 0.6 is 11.3 Å². The minimum Gasteiger partial charge on any atom is -0.398 e. The zero-order valence-corrected chi connectivity index (χ0v) is 11.3. The van der Waals surface area contributed by atoms with E-state index in [0.717, 1.165) is 18.8 Å². The first kappa shape index (κ1) is 12.9. The zero-order chi connectivity index (χ0) is 11.9. The van der Waals surface area contributed by atoms with E-state index >= 15 is 0 Å². The number of nitrogen functional groups attached to an aromatic ring is 1. The number of likely N-dealkylation sites (tertiary alicyclic amines) is 1. The Labute approximate surface area is 108 Å². The fourth-order valence-electron chi connectivity index (χ4n) is 2.29. The molecule has 0 unspecified atom stereocenters. The van der Waals surface area contributed by atoms with Crippen molar-refractivity contribution in [1.82, 2.24) is 10.2 Å². The highest BCUT2D eigenvalue weighted by molar-refractivity contribution is 7.10. The third-order valence-corrected chi connectivity index (χ3v) is 4.31. The fourth-order valence-corrected chi connectivity index (χ4v) is 3.06. The normalized spacial score (nSPS) is 18.1. The average Bonchev–Trinajstić information content (AvgIpc) is 2.60. The molecule has 0 aliphatic carbocycles. The Hall–Kier alpha value is -0.580. The maximum absolute atomic E-state index is 5.85. The van der Waals surface area contributed by atoms with Crippen LogP contribution in [0, 0.1) is 0 Å². The van der Waals surface area contributed by atoms with Gasteiger partial charge in [0, 0.05) is 30.2 Å². The number of hydrogen-bond donors (Lipinski definition) is 2. The minimum atomic E-state index is 0.914.